The molecule has 0 aliphatic carbocycles. The van der Waals surface area contributed by atoms with Crippen molar-refractivity contribution in [3.05, 3.63) is 34.1 Å². The van der Waals surface area contributed by atoms with Crippen molar-refractivity contribution in [3.8, 4) is 11.4 Å². The van der Waals surface area contributed by atoms with E-state index in [-0.39, 0.29) is 10.2 Å². The van der Waals surface area contributed by atoms with E-state index in [4.69, 9.17) is 31.6 Å². The summed E-state index contributed by atoms with van der Waals surface area (Å²) in [5.41, 5.74) is 1.78. The van der Waals surface area contributed by atoms with Crippen LogP contribution in [0.25, 0.3) is 11.4 Å². The second-order valence-electron chi connectivity index (χ2n) is 6.96. The van der Waals surface area contributed by atoms with Crippen LogP contribution in [-0.2, 0) is 31.6 Å². The van der Waals surface area contributed by atoms with Crippen molar-refractivity contribution in [1.29, 1.82) is 0 Å². The zero-order valence-corrected chi connectivity index (χ0v) is 20.0. The van der Waals surface area contributed by atoms with Crippen LogP contribution in [0, 0.1) is 11.6 Å². The third-order valence-electron chi connectivity index (χ3n) is 4.35. The van der Waals surface area contributed by atoms with Gasteiger partial charge in [0.1, 0.15) is 34.9 Å². The van der Waals surface area contributed by atoms with Crippen LogP contribution in [0.1, 0.15) is 17.2 Å². The fourth-order valence-corrected chi connectivity index (χ4v) is 6.34. The molecule has 0 radical (unpaired) electrons. The maximum Gasteiger partial charge on any atom is 0.490 e. The minimum absolute atomic E-state index is 0.0624. The number of pyridine rings is 2. The van der Waals surface area contributed by atoms with E-state index in [1.807, 2.05) is 6.92 Å². The van der Waals surface area contributed by atoms with Gasteiger partial charge in [0.2, 0.25) is 0 Å². The number of nitrogens with one attached hydrogen (secondary N) is 1. The van der Waals surface area contributed by atoms with Crippen LogP contribution in [0.4, 0.5) is 0 Å². The van der Waals surface area contributed by atoms with E-state index in [0.29, 0.717) is 11.4 Å². The minimum atomic E-state index is -5.70. The Morgan fingerprint density at radius 2 is 1.76 bits per heavy atom. The Balaban J connectivity index is 1.73. The summed E-state index contributed by atoms with van der Waals surface area (Å²) in [4.78, 5) is 42.9. The molecule has 0 aromatic carbocycles. The van der Waals surface area contributed by atoms with E-state index in [2.05, 4.69) is 23.1 Å². The van der Waals surface area contributed by atoms with E-state index < -0.39 is 54.5 Å². The van der Waals surface area contributed by atoms with Crippen molar-refractivity contribution in [2.45, 2.75) is 31.3 Å². The molecule has 3 aliphatic heterocycles. The molecule has 184 valence electrons. The lowest BCUT2D eigenvalue weighted by atomic mass is 10.0. The Morgan fingerprint density at radius 1 is 1.09 bits per heavy atom. The highest BCUT2D eigenvalue weighted by Crippen LogP contribution is 2.66. The van der Waals surface area contributed by atoms with E-state index >= 15 is 0 Å². The Labute approximate surface area is 190 Å². The molecule has 1 saturated heterocycles. The second-order valence-corrected chi connectivity index (χ2v) is 11.8. The molecule has 15 nitrogen and oxygen atoms in total. The topological polar surface area (TPSA) is 238 Å². The van der Waals surface area contributed by atoms with Gasteiger partial charge in [-0.05, 0) is 24.6 Å². The zero-order chi connectivity index (χ0) is 24.8. The number of H-pyrrole nitrogens is 1. The van der Waals surface area contributed by atoms with Crippen LogP contribution in [0.3, 0.4) is 0 Å². The predicted molar refractivity (Wildman–Crippen MR) is 110 cm³/mol. The van der Waals surface area contributed by atoms with Crippen LogP contribution in [0.15, 0.2) is 18.3 Å². The molecule has 0 amide bonds. The van der Waals surface area contributed by atoms with Crippen LogP contribution in [-0.4, -0.2) is 64.7 Å². The second kappa shape index (κ2) is 9.61. The van der Waals surface area contributed by atoms with E-state index in [1.165, 1.54) is 0 Å². The number of phosphoric ester groups is 1. The van der Waals surface area contributed by atoms with Crippen LogP contribution >= 0.6 is 35.7 Å². The number of aryl methyl sites for hydroxylation is 1. The summed E-state index contributed by atoms with van der Waals surface area (Å²) in [5.74, 6) is 0.478. The van der Waals surface area contributed by atoms with Gasteiger partial charge in [-0.2, -0.15) is 8.62 Å². The average molecular weight is 548 g/mol. The molecular weight excluding hydrogens is 529 g/mol. The molecule has 3 heterocycles. The van der Waals surface area contributed by atoms with Crippen LogP contribution < -0.4 is 0 Å². The first-order valence-electron chi connectivity index (χ1n) is 8.87. The number of fused-ring (bicyclic) bond motifs is 1. The van der Waals surface area contributed by atoms with Crippen molar-refractivity contribution >= 4 is 35.7 Å². The SMILES string of the molecule is Cc1c[nH]c2nc(=S)c([C@@H]3O[C@H](COP(=O)(O)OP(=O)(O)OP(=O)(O)O)[C@H](O)C3O)cc-2c1. The molecule has 3 rings (SSSR count). The van der Waals surface area contributed by atoms with Crippen molar-refractivity contribution in [2.24, 2.45) is 0 Å². The van der Waals surface area contributed by atoms with Gasteiger partial charge in [0.25, 0.3) is 0 Å². The number of aromatic nitrogens is 2. The third kappa shape index (κ3) is 6.82. The predicted octanol–water partition coefficient (Wildman–Crippen LogP) is 1.06. The molecule has 1 fully saturated rings. The molecule has 19 heteroatoms. The summed E-state index contributed by atoms with van der Waals surface area (Å²) in [5, 5.41) is 20.7. The Morgan fingerprint density at radius 3 is 2.39 bits per heavy atom. The maximum absolute atomic E-state index is 11.9. The summed E-state index contributed by atoms with van der Waals surface area (Å²) >= 11 is 5.23. The quantitative estimate of drug-likeness (QED) is 0.180. The lowest BCUT2D eigenvalue weighted by Gasteiger charge is -2.19. The van der Waals surface area contributed by atoms with E-state index in [9.17, 15) is 28.8 Å². The Bertz CT molecular complexity index is 1200. The number of nitrogens with zero attached hydrogens (tertiary/aromatic N) is 1. The normalized spacial score (nSPS) is 27.4. The van der Waals surface area contributed by atoms with Crippen molar-refractivity contribution in [3.63, 3.8) is 0 Å². The molecule has 3 unspecified atom stereocenters. The first-order valence-corrected chi connectivity index (χ1v) is 13.8. The summed E-state index contributed by atoms with van der Waals surface area (Å²) in [6.45, 7) is 0.903. The Kier molecular flexibility index (Phi) is 7.77. The van der Waals surface area contributed by atoms with Crippen molar-refractivity contribution in [1.82, 2.24) is 9.97 Å². The fourth-order valence-electron chi connectivity index (χ4n) is 3.04. The molecule has 0 spiro atoms. The van der Waals surface area contributed by atoms with Gasteiger partial charge < -0.3 is 39.5 Å². The number of phosphoric acid groups is 3. The van der Waals surface area contributed by atoms with Gasteiger partial charge in [-0.3, -0.25) is 4.52 Å². The van der Waals surface area contributed by atoms with Gasteiger partial charge >= 0.3 is 23.5 Å². The number of hydrogen-bond donors (Lipinski definition) is 7. The molecular formula is C14H19N2O13P3S. The summed E-state index contributed by atoms with van der Waals surface area (Å²) in [7, 11) is -16.7. The Hall–Kier alpha value is -0.930. The molecule has 33 heavy (non-hydrogen) atoms. The van der Waals surface area contributed by atoms with Crippen LogP contribution in [0.5, 0.6) is 0 Å². The number of aromatic amines is 1. The van der Waals surface area contributed by atoms with Gasteiger partial charge in [-0.1, -0.05) is 12.2 Å². The molecule has 0 aromatic heterocycles. The number of hydrogen-bond acceptors (Lipinski definition) is 11. The molecule has 7 N–H and O–H groups in total. The molecule has 6 atom stereocenters. The number of aliphatic hydroxyl groups is 2. The average Bonchev–Trinajstić information content (AvgIpc) is 2.91. The highest BCUT2D eigenvalue weighted by atomic mass is 32.1. The number of ether oxygens (including phenoxy) is 1. The first-order chi connectivity index (χ1) is 15.1. The lowest BCUT2D eigenvalue weighted by Crippen LogP contribution is -2.33. The van der Waals surface area contributed by atoms with Gasteiger partial charge in [0, 0.05) is 17.3 Å². The molecule has 3 aliphatic rings. The fraction of sp³-hybridized carbons (Fsp3) is 0.429. The van der Waals surface area contributed by atoms with Gasteiger partial charge in [-0.15, -0.1) is 0 Å². The van der Waals surface area contributed by atoms with Crippen LogP contribution in [0.2, 0.25) is 0 Å². The van der Waals surface area contributed by atoms with Gasteiger partial charge in [0.15, 0.2) is 0 Å². The maximum atomic E-state index is 11.9. The zero-order valence-electron chi connectivity index (χ0n) is 16.5. The summed E-state index contributed by atoms with van der Waals surface area (Å²) in [6, 6.07) is 3.39. The minimum Gasteiger partial charge on any atom is -0.387 e. The monoisotopic (exact) mass is 548 g/mol. The lowest BCUT2D eigenvalue weighted by molar-refractivity contribution is -0.0224. The smallest absolute Gasteiger partial charge is 0.387 e. The summed E-state index contributed by atoms with van der Waals surface area (Å²) in [6.07, 6.45) is -4.10. The number of aliphatic hydroxyl groups excluding tert-OH is 2. The van der Waals surface area contributed by atoms with Crippen molar-refractivity contribution in [2.75, 3.05) is 6.61 Å². The highest BCUT2D eigenvalue weighted by Gasteiger charge is 2.46. The van der Waals surface area contributed by atoms with Gasteiger partial charge in [0.05, 0.1) is 6.61 Å². The van der Waals surface area contributed by atoms with E-state index in [1.54, 1.807) is 18.3 Å². The van der Waals surface area contributed by atoms with Crippen molar-refractivity contribution < 1.29 is 61.4 Å². The number of rotatable bonds is 8. The molecule has 0 aromatic rings. The third-order valence-corrected chi connectivity index (χ3v) is 8.48. The van der Waals surface area contributed by atoms with Gasteiger partial charge in [-0.25, -0.2) is 18.7 Å². The standard InChI is InChI=1S/C14H19N2O13P3S/c1-6-2-7-3-8(14(33)16-13(7)15-4-6)12-11(18)10(17)9(27-12)5-26-31(22,23)29-32(24,25)28-30(19,20)21/h2-4,9-12,17-18H,5H2,1H3,(H,22,23)(H,24,25)(H,15,16,33)(H2,19,20,21)/t9-,10+,11?,12+/m1/s1. The molecule has 0 saturated carbocycles. The largest absolute Gasteiger partial charge is 0.490 e. The first kappa shape index (κ1) is 26.7. The van der Waals surface area contributed by atoms with E-state index in [0.717, 1.165) is 5.56 Å². The molecule has 0 bridgehead atoms. The summed E-state index contributed by atoms with van der Waals surface area (Å²) < 4.78 is 51.1. The highest BCUT2D eigenvalue weighted by molar-refractivity contribution is 7.71.